The van der Waals surface area contributed by atoms with Crippen molar-refractivity contribution in [1.29, 1.82) is 0 Å². The molecule has 0 aromatic heterocycles. The SMILES string of the molecule is CC(C)CC(C)(C)CO.CC(C)CC(C)(C)CO.CC(C)CC(C)(C)CO.O=P(O)(O)O. The van der Waals surface area contributed by atoms with Crippen molar-refractivity contribution in [1.82, 2.24) is 0 Å². The lowest BCUT2D eigenvalue weighted by atomic mass is 9.85. The molecule has 0 aromatic carbocycles. The lowest BCUT2D eigenvalue weighted by Crippen LogP contribution is -2.18. The van der Waals surface area contributed by atoms with Crippen LogP contribution in [0.3, 0.4) is 0 Å². The molecule has 6 N–H and O–H groups in total. The molecule has 0 saturated carbocycles. The van der Waals surface area contributed by atoms with Crippen LogP contribution in [-0.2, 0) is 4.57 Å². The van der Waals surface area contributed by atoms with Gasteiger partial charge in [0, 0.05) is 19.8 Å². The number of aliphatic hydroxyl groups excluding tert-OH is 3. The topological polar surface area (TPSA) is 138 Å². The number of rotatable bonds is 9. The molecule has 32 heavy (non-hydrogen) atoms. The van der Waals surface area contributed by atoms with Crippen LogP contribution in [0.2, 0.25) is 0 Å². The Kier molecular flexibility index (Phi) is 22.5. The highest BCUT2D eigenvalue weighted by atomic mass is 31.2. The van der Waals surface area contributed by atoms with Crippen molar-refractivity contribution in [3.63, 3.8) is 0 Å². The summed E-state index contributed by atoms with van der Waals surface area (Å²) in [5.41, 5.74) is 0.358. The molecular formula is C24H57O7P. The van der Waals surface area contributed by atoms with E-state index in [1.54, 1.807) is 0 Å². The predicted octanol–water partition coefficient (Wildman–Crippen LogP) is 5.22. The average molecular weight is 489 g/mol. The molecular weight excluding hydrogens is 431 g/mol. The van der Waals surface area contributed by atoms with E-state index in [9.17, 15) is 0 Å². The molecule has 0 spiro atoms. The molecule has 0 atom stereocenters. The van der Waals surface area contributed by atoms with Crippen LogP contribution in [0, 0.1) is 34.0 Å². The van der Waals surface area contributed by atoms with Crippen LogP contribution in [0.5, 0.6) is 0 Å². The van der Waals surface area contributed by atoms with E-state index in [1.807, 2.05) is 0 Å². The lowest BCUT2D eigenvalue weighted by molar-refractivity contribution is 0.136. The molecule has 0 aliphatic carbocycles. The highest BCUT2D eigenvalue weighted by Crippen LogP contribution is 2.26. The van der Waals surface area contributed by atoms with Gasteiger partial charge in [0.25, 0.3) is 0 Å². The Morgan fingerprint density at radius 3 is 0.688 bits per heavy atom. The highest BCUT2D eigenvalue weighted by Gasteiger charge is 2.18. The Morgan fingerprint density at radius 1 is 0.531 bits per heavy atom. The normalized spacial score (nSPS) is 12.5. The molecule has 0 bridgehead atoms. The quantitative estimate of drug-likeness (QED) is 0.244. The third-order valence-corrected chi connectivity index (χ3v) is 4.17. The van der Waals surface area contributed by atoms with E-state index in [2.05, 4.69) is 83.1 Å². The van der Waals surface area contributed by atoms with Crippen LogP contribution in [-0.4, -0.2) is 49.8 Å². The summed E-state index contributed by atoms with van der Waals surface area (Å²) < 4.78 is 8.88. The van der Waals surface area contributed by atoms with Crippen molar-refractivity contribution < 1.29 is 34.6 Å². The smallest absolute Gasteiger partial charge is 0.396 e. The predicted molar refractivity (Wildman–Crippen MR) is 135 cm³/mol. The molecule has 0 unspecified atom stereocenters. The van der Waals surface area contributed by atoms with Crippen molar-refractivity contribution in [2.24, 2.45) is 34.0 Å². The van der Waals surface area contributed by atoms with Gasteiger partial charge in [-0.2, -0.15) is 0 Å². The Hall–Kier alpha value is -0.0100. The van der Waals surface area contributed by atoms with E-state index in [-0.39, 0.29) is 16.2 Å². The van der Waals surface area contributed by atoms with Crippen LogP contribution in [0.15, 0.2) is 0 Å². The van der Waals surface area contributed by atoms with Crippen molar-refractivity contribution in [3.05, 3.63) is 0 Å². The lowest BCUT2D eigenvalue weighted by Gasteiger charge is -2.23. The molecule has 0 aliphatic heterocycles. The number of hydrogen-bond donors (Lipinski definition) is 6. The maximum Gasteiger partial charge on any atom is 0.466 e. The van der Waals surface area contributed by atoms with E-state index in [1.165, 1.54) is 0 Å². The largest absolute Gasteiger partial charge is 0.466 e. The first-order valence-electron chi connectivity index (χ1n) is 11.5. The second-order valence-corrected chi connectivity index (χ2v) is 13.3. The summed E-state index contributed by atoms with van der Waals surface area (Å²) in [7, 11) is -4.64. The molecule has 0 aliphatic rings. The zero-order valence-corrected chi connectivity index (χ0v) is 23.9. The van der Waals surface area contributed by atoms with Crippen molar-refractivity contribution in [3.8, 4) is 0 Å². The van der Waals surface area contributed by atoms with Gasteiger partial charge in [0.2, 0.25) is 0 Å². The molecule has 8 heteroatoms. The van der Waals surface area contributed by atoms with Crippen LogP contribution < -0.4 is 0 Å². The fourth-order valence-electron chi connectivity index (χ4n) is 3.51. The van der Waals surface area contributed by atoms with Crippen LogP contribution in [0.25, 0.3) is 0 Å². The summed E-state index contributed by atoms with van der Waals surface area (Å²) in [4.78, 5) is 21.6. The first kappa shape index (κ1) is 39.2. The van der Waals surface area contributed by atoms with Crippen molar-refractivity contribution in [2.75, 3.05) is 19.8 Å². The van der Waals surface area contributed by atoms with E-state index < -0.39 is 7.82 Å². The Balaban J connectivity index is -0.000000167. The standard InChI is InChI=1S/3C8H18O.H3O4P/c3*1-7(2)5-8(3,4)6-9;1-5(2,3)4/h3*7,9H,5-6H2,1-4H3;(H3,1,2,3,4). The van der Waals surface area contributed by atoms with Gasteiger partial charge < -0.3 is 30.0 Å². The molecule has 0 fully saturated rings. The first-order valence-corrected chi connectivity index (χ1v) is 13.1. The molecule has 200 valence electrons. The Bertz CT molecular complexity index is 406. The second-order valence-electron chi connectivity index (χ2n) is 12.3. The molecule has 0 aromatic rings. The molecule has 0 saturated heterocycles. The van der Waals surface area contributed by atoms with Crippen molar-refractivity contribution in [2.45, 2.75) is 102 Å². The van der Waals surface area contributed by atoms with E-state index in [4.69, 9.17) is 34.6 Å². The van der Waals surface area contributed by atoms with E-state index in [0.29, 0.717) is 37.6 Å². The van der Waals surface area contributed by atoms with Gasteiger partial charge >= 0.3 is 7.82 Å². The van der Waals surface area contributed by atoms with Crippen molar-refractivity contribution >= 4 is 7.82 Å². The average Bonchev–Trinajstić information content (AvgIpc) is 2.51. The second kappa shape index (κ2) is 18.3. The summed E-state index contributed by atoms with van der Waals surface area (Å²) in [5.74, 6) is 2.06. The molecule has 7 nitrogen and oxygen atoms in total. The summed E-state index contributed by atoms with van der Waals surface area (Å²) in [5, 5.41) is 26.5. The first-order chi connectivity index (χ1) is 13.9. The zero-order valence-electron chi connectivity index (χ0n) is 23.0. The minimum atomic E-state index is -4.64. The molecule has 0 rings (SSSR count). The zero-order chi connectivity index (χ0) is 27.0. The van der Waals surface area contributed by atoms with Gasteiger partial charge in [0.05, 0.1) is 0 Å². The summed E-state index contributed by atoms with van der Waals surface area (Å²) in [6.45, 7) is 26.5. The summed E-state index contributed by atoms with van der Waals surface area (Å²) in [6, 6.07) is 0. The highest BCUT2D eigenvalue weighted by molar-refractivity contribution is 7.45. The fourth-order valence-corrected chi connectivity index (χ4v) is 3.51. The Labute approximate surface area is 198 Å². The van der Waals surface area contributed by atoms with Crippen LogP contribution in [0.4, 0.5) is 0 Å². The van der Waals surface area contributed by atoms with Gasteiger partial charge in [0.1, 0.15) is 0 Å². The van der Waals surface area contributed by atoms with E-state index in [0.717, 1.165) is 19.3 Å². The maximum absolute atomic E-state index is 8.88. The van der Waals surface area contributed by atoms with Gasteiger partial charge in [-0.25, -0.2) is 4.57 Å². The third-order valence-electron chi connectivity index (χ3n) is 4.17. The number of phosphoric acid groups is 1. The fraction of sp³-hybridized carbons (Fsp3) is 1.00. The van der Waals surface area contributed by atoms with Crippen LogP contribution >= 0.6 is 7.82 Å². The monoisotopic (exact) mass is 488 g/mol. The molecule has 0 amide bonds. The minimum Gasteiger partial charge on any atom is -0.396 e. The van der Waals surface area contributed by atoms with Gasteiger partial charge in [-0.1, -0.05) is 83.1 Å². The number of hydrogen-bond acceptors (Lipinski definition) is 4. The molecule has 0 heterocycles. The van der Waals surface area contributed by atoms with Gasteiger partial charge in [-0.05, 0) is 53.3 Å². The van der Waals surface area contributed by atoms with Crippen LogP contribution in [0.1, 0.15) is 102 Å². The Morgan fingerprint density at radius 2 is 0.656 bits per heavy atom. The minimum absolute atomic E-state index is 0.119. The van der Waals surface area contributed by atoms with Gasteiger partial charge in [0.15, 0.2) is 0 Å². The summed E-state index contributed by atoms with van der Waals surface area (Å²) in [6.07, 6.45) is 3.30. The maximum atomic E-state index is 8.88. The molecule has 0 radical (unpaired) electrons. The van der Waals surface area contributed by atoms with E-state index >= 15 is 0 Å². The van der Waals surface area contributed by atoms with Gasteiger partial charge in [-0.3, -0.25) is 0 Å². The van der Waals surface area contributed by atoms with Gasteiger partial charge in [-0.15, -0.1) is 0 Å². The number of aliphatic hydroxyl groups is 3. The summed E-state index contributed by atoms with van der Waals surface area (Å²) >= 11 is 0. The third kappa shape index (κ3) is 43.8.